The predicted octanol–water partition coefficient (Wildman–Crippen LogP) is 11.8. The van der Waals surface area contributed by atoms with Crippen LogP contribution in [0.5, 0.6) is 0 Å². The van der Waals surface area contributed by atoms with Gasteiger partial charge in [-0.3, -0.25) is 0 Å². The average molecular weight is 533 g/mol. The second kappa shape index (κ2) is 10.4. The molecule has 0 aliphatic carbocycles. The van der Waals surface area contributed by atoms with Crippen LogP contribution in [0.25, 0.3) is 0 Å². The molecule has 0 nitrogen and oxygen atoms in total. The minimum atomic E-state index is 0.0865. The first kappa shape index (κ1) is 33.6. The Morgan fingerprint density at radius 3 is 1.05 bits per heavy atom. The summed E-state index contributed by atoms with van der Waals surface area (Å²) >= 11 is 0. The standard InChI is InChI=1S/C39H64/c1-25(27-23-29(35(5,6)7)30(36(8,9)10)24-28(27)34(2,3)4)20-26-21-31(37(11,12)13)33(39(17,18)19)32(22-26)38(14,15)16/h21-25H,20H2,1-19H3. The third kappa shape index (κ3) is 7.80. The van der Waals surface area contributed by atoms with Gasteiger partial charge >= 0.3 is 0 Å². The Labute approximate surface area is 244 Å². The Morgan fingerprint density at radius 2 is 0.744 bits per heavy atom. The van der Waals surface area contributed by atoms with Crippen molar-refractivity contribution < 1.29 is 0 Å². The monoisotopic (exact) mass is 533 g/mol. The van der Waals surface area contributed by atoms with E-state index in [4.69, 9.17) is 0 Å². The fourth-order valence-electron chi connectivity index (χ4n) is 6.19. The molecule has 0 aliphatic heterocycles. The summed E-state index contributed by atoms with van der Waals surface area (Å²) in [5.41, 5.74) is 12.6. The molecule has 0 aliphatic rings. The Morgan fingerprint density at radius 1 is 0.410 bits per heavy atom. The highest BCUT2D eigenvalue weighted by Crippen LogP contribution is 2.44. The Balaban J connectivity index is 2.87. The van der Waals surface area contributed by atoms with Crippen LogP contribution < -0.4 is 0 Å². The number of hydrogen-bond acceptors (Lipinski definition) is 0. The van der Waals surface area contributed by atoms with Crippen LogP contribution >= 0.6 is 0 Å². The quantitative estimate of drug-likeness (QED) is 0.369. The topological polar surface area (TPSA) is 0 Å². The van der Waals surface area contributed by atoms with Crippen molar-refractivity contribution in [1.29, 1.82) is 0 Å². The number of hydrogen-bond donors (Lipinski definition) is 0. The van der Waals surface area contributed by atoms with Gasteiger partial charge in [-0.05, 0) is 89.3 Å². The second-order valence-corrected chi connectivity index (χ2v) is 18.7. The highest BCUT2D eigenvalue weighted by Gasteiger charge is 2.34. The third-order valence-electron chi connectivity index (χ3n) is 8.25. The van der Waals surface area contributed by atoms with E-state index in [9.17, 15) is 0 Å². The van der Waals surface area contributed by atoms with Gasteiger partial charge in [-0.1, -0.05) is 156 Å². The van der Waals surface area contributed by atoms with Crippen LogP contribution in [0, 0.1) is 0 Å². The molecule has 1 atom stereocenters. The molecule has 0 bridgehead atoms. The highest BCUT2D eigenvalue weighted by atomic mass is 14.4. The summed E-state index contributed by atoms with van der Waals surface area (Å²) in [7, 11) is 0. The van der Waals surface area contributed by atoms with Gasteiger partial charge in [0.2, 0.25) is 0 Å². The molecular weight excluding hydrogens is 468 g/mol. The SMILES string of the molecule is CC(Cc1cc(C(C)(C)C)c(C(C)(C)C)c(C(C)(C)C)c1)c1cc(C(C)(C)C)c(C(C)(C)C)cc1C(C)(C)C. The van der Waals surface area contributed by atoms with Crippen molar-refractivity contribution in [3.05, 3.63) is 68.8 Å². The fraction of sp³-hybridized carbons (Fsp3) is 0.692. The van der Waals surface area contributed by atoms with Gasteiger partial charge in [-0.2, -0.15) is 0 Å². The van der Waals surface area contributed by atoms with Crippen LogP contribution in [0.1, 0.15) is 182 Å². The minimum Gasteiger partial charge on any atom is -0.0581 e. The average Bonchev–Trinajstić information content (AvgIpc) is 2.68. The van der Waals surface area contributed by atoms with E-state index in [-0.39, 0.29) is 32.5 Å². The lowest BCUT2D eigenvalue weighted by Gasteiger charge is -2.38. The van der Waals surface area contributed by atoms with Crippen molar-refractivity contribution in [1.82, 2.24) is 0 Å². The summed E-state index contributed by atoms with van der Waals surface area (Å²) in [6, 6.07) is 10.3. The van der Waals surface area contributed by atoms with Crippen molar-refractivity contribution in [2.45, 2.75) is 176 Å². The molecule has 0 N–H and O–H groups in total. The van der Waals surface area contributed by atoms with Crippen molar-refractivity contribution in [3.8, 4) is 0 Å². The third-order valence-corrected chi connectivity index (χ3v) is 8.25. The molecule has 2 aromatic rings. The molecule has 0 fully saturated rings. The van der Waals surface area contributed by atoms with E-state index in [1.54, 1.807) is 5.56 Å². The molecule has 0 amide bonds. The van der Waals surface area contributed by atoms with E-state index in [2.05, 4.69) is 156 Å². The maximum Gasteiger partial charge on any atom is -0.0126 e. The zero-order chi connectivity index (χ0) is 30.7. The fourth-order valence-corrected chi connectivity index (χ4v) is 6.19. The van der Waals surface area contributed by atoms with E-state index < -0.39 is 0 Å². The lowest BCUT2D eigenvalue weighted by molar-refractivity contribution is 0.495. The molecule has 1 unspecified atom stereocenters. The first-order valence-corrected chi connectivity index (χ1v) is 15.4. The maximum atomic E-state index is 2.59. The van der Waals surface area contributed by atoms with Crippen LogP contribution in [0.4, 0.5) is 0 Å². The molecule has 0 radical (unpaired) electrons. The first-order valence-electron chi connectivity index (χ1n) is 15.4. The zero-order valence-electron chi connectivity index (χ0n) is 29.6. The van der Waals surface area contributed by atoms with E-state index in [0.29, 0.717) is 5.92 Å². The molecule has 0 heterocycles. The lowest BCUT2D eigenvalue weighted by Crippen LogP contribution is -2.28. The molecule has 2 rings (SSSR count). The first-order chi connectivity index (χ1) is 17.1. The Kier molecular flexibility index (Phi) is 8.94. The van der Waals surface area contributed by atoms with Crippen LogP contribution in [0.15, 0.2) is 24.3 Å². The highest BCUT2D eigenvalue weighted by molar-refractivity contribution is 5.51. The van der Waals surface area contributed by atoms with Crippen LogP contribution in [-0.4, -0.2) is 0 Å². The van der Waals surface area contributed by atoms with Gasteiger partial charge < -0.3 is 0 Å². The number of benzene rings is 2. The van der Waals surface area contributed by atoms with E-state index in [1.807, 2.05) is 0 Å². The van der Waals surface area contributed by atoms with Gasteiger partial charge in [-0.25, -0.2) is 0 Å². The molecular formula is C39H64. The molecule has 0 heteroatoms. The Hall–Kier alpha value is -1.56. The van der Waals surface area contributed by atoms with Gasteiger partial charge in [0.25, 0.3) is 0 Å². The van der Waals surface area contributed by atoms with Gasteiger partial charge in [0.15, 0.2) is 0 Å². The van der Waals surface area contributed by atoms with Crippen molar-refractivity contribution in [2.24, 2.45) is 0 Å². The van der Waals surface area contributed by atoms with Crippen LogP contribution in [0.3, 0.4) is 0 Å². The van der Waals surface area contributed by atoms with E-state index in [1.165, 1.54) is 38.9 Å². The molecule has 39 heavy (non-hydrogen) atoms. The molecule has 0 spiro atoms. The van der Waals surface area contributed by atoms with Crippen LogP contribution in [0.2, 0.25) is 0 Å². The summed E-state index contributed by atoms with van der Waals surface area (Å²) < 4.78 is 0. The lowest BCUT2D eigenvalue weighted by atomic mass is 9.67. The van der Waals surface area contributed by atoms with E-state index in [0.717, 1.165) is 6.42 Å². The van der Waals surface area contributed by atoms with Gasteiger partial charge in [0.1, 0.15) is 0 Å². The molecule has 0 saturated heterocycles. The summed E-state index contributed by atoms with van der Waals surface area (Å²) in [5.74, 6) is 0.426. The van der Waals surface area contributed by atoms with Crippen molar-refractivity contribution >= 4 is 0 Å². The van der Waals surface area contributed by atoms with Crippen LogP contribution in [-0.2, 0) is 38.9 Å². The number of rotatable bonds is 3. The predicted molar refractivity (Wildman–Crippen MR) is 177 cm³/mol. The maximum absolute atomic E-state index is 2.59. The largest absolute Gasteiger partial charge is 0.0581 e. The normalized spacial score (nSPS) is 15.1. The zero-order valence-corrected chi connectivity index (χ0v) is 29.6. The molecule has 0 saturated carbocycles. The van der Waals surface area contributed by atoms with Crippen molar-refractivity contribution in [3.63, 3.8) is 0 Å². The molecule has 2 aromatic carbocycles. The van der Waals surface area contributed by atoms with Gasteiger partial charge in [0.05, 0.1) is 0 Å². The smallest absolute Gasteiger partial charge is 0.0126 e. The van der Waals surface area contributed by atoms with Crippen molar-refractivity contribution in [2.75, 3.05) is 0 Å². The summed E-state index contributed by atoms with van der Waals surface area (Å²) in [6.45, 7) is 45.3. The van der Waals surface area contributed by atoms with Gasteiger partial charge in [-0.15, -0.1) is 0 Å². The Bertz CT molecular complexity index is 1120. The van der Waals surface area contributed by atoms with E-state index >= 15 is 0 Å². The van der Waals surface area contributed by atoms with Gasteiger partial charge in [0, 0.05) is 0 Å². The summed E-state index contributed by atoms with van der Waals surface area (Å²) in [5, 5.41) is 0. The molecule has 220 valence electrons. The summed E-state index contributed by atoms with van der Waals surface area (Å²) in [4.78, 5) is 0. The minimum absolute atomic E-state index is 0.0865. The molecule has 0 aromatic heterocycles. The summed E-state index contributed by atoms with van der Waals surface area (Å²) in [6.07, 6.45) is 1.05. The second-order valence-electron chi connectivity index (χ2n) is 18.7.